The second-order valence-corrected chi connectivity index (χ2v) is 6.84. The Morgan fingerprint density at radius 3 is 2.70 bits per heavy atom. The van der Waals surface area contributed by atoms with Crippen LogP contribution in [0.2, 0.25) is 0 Å². The number of benzene rings is 2. The Morgan fingerprint density at radius 1 is 1.20 bits per heavy atom. The zero-order chi connectivity index (χ0) is 21.2. The minimum atomic E-state index is -0.188. The average molecular weight is 424 g/mol. The number of amides is 1. The number of rotatable bonds is 9. The molecule has 0 spiro atoms. The summed E-state index contributed by atoms with van der Waals surface area (Å²) in [5.74, 6) is 6.87. The molecule has 10 heteroatoms. The van der Waals surface area contributed by atoms with E-state index in [1.165, 1.54) is 16.4 Å². The molecule has 3 rings (SSSR count). The first-order valence-corrected chi connectivity index (χ1v) is 9.92. The minimum Gasteiger partial charge on any atom is -0.497 e. The number of carbonyl (C=O) groups excluding carboxylic acids is 1. The third-order valence-corrected chi connectivity index (χ3v) is 4.73. The number of allylic oxidation sites excluding steroid dienone is 1. The number of methoxy groups -OCH3 is 1. The first-order valence-electron chi connectivity index (χ1n) is 8.93. The van der Waals surface area contributed by atoms with E-state index in [4.69, 9.17) is 10.6 Å². The highest BCUT2D eigenvalue weighted by Crippen LogP contribution is 2.18. The van der Waals surface area contributed by atoms with E-state index >= 15 is 0 Å². The second kappa shape index (κ2) is 10.7. The van der Waals surface area contributed by atoms with Crippen molar-refractivity contribution in [1.82, 2.24) is 14.9 Å². The number of thioether (sulfide) groups is 1. The van der Waals surface area contributed by atoms with Crippen molar-refractivity contribution in [2.75, 3.05) is 29.4 Å². The fourth-order valence-electron chi connectivity index (χ4n) is 2.31. The topological polar surface area (TPSA) is 119 Å². The van der Waals surface area contributed by atoms with E-state index in [-0.39, 0.29) is 17.6 Å². The zero-order valence-electron chi connectivity index (χ0n) is 16.2. The Bertz CT molecular complexity index is 1020. The van der Waals surface area contributed by atoms with Crippen molar-refractivity contribution in [3.8, 4) is 5.75 Å². The first kappa shape index (κ1) is 20.9. The molecule has 154 valence electrons. The van der Waals surface area contributed by atoms with Crippen LogP contribution < -0.4 is 21.3 Å². The summed E-state index contributed by atoms with van der Waals surface area (Å²) in [5, 5.41) is 15.1. The summed E-state index contributed by atoms with van der Waals surface area (Å²) in [6.07, 6.45) is 5.29. The van der Waals surface area contributed by atoms with E-state index in [1.54, 1.807) is 43.7 Å². The van der Waals surface area contributed by atoms with Gasteiger partial charge in [-0.25, -0.2) is 10.1 Å². The van der Waals surface area contributed by atoms with Crippen LogP contribution in [0.3, 0.4) is 0 Å². The van der Waals surface area contributed by atoms with Crippen LogP contribution in [0, 0.1) is 0 Å². The quantitative estimate of drug-likeness (QED) is 0.209. The highest BCUT2D eigenvalue weighted by molar-refractivity contribution is 7.99. The molecular weight excluding hydrogens is 402 g/mol. The number of hydrogen-bond acceptors (Lipinski definition) is 8. The predicted octanol–water partition coefficient (Wildman–Crippen LogP) is 2.84. The van der Waals surface area contributed by atoms with Crippen LogP contribution in [0.1, 0.15) is 5.56 Å². The van der Waals surface area contributed by atoms with Gasteiger partial charge in [0.05, 0.1) is 12.9 Å². The molecule has 30 heavy (non-hydrogen) atoms. The third kappa shape index (κ3) is 6.11. The molecule has 9 nitrogen and oxygen atoms in total. The normalized spacial score (nSPS) is 11.1. The number of nitrogens with zero attached hydrogens (tertiary/aromatic N) is 4. The largest absolute Gasteiger partial charge is 0.497 e. The Hall–Kier alpha value is -3.79. The molecule has 1 amide bonds. The van der Waals surface area contributed by atoms with Crippen LogP contribution in [0.5, 0.6) is 5.75 Å². The molecular formula is C20H21N7O2S. The number of hydrazone groups is 1. The number of anilines is 2. The number of ether oxygens (including phenoxy) is 1. The maximum Gasteiger partial charge on any atom is 0.264 e. The van der Waals surface area contributed by atoms with Gasteiger partial charge in [-0.05, 0) is 35.9 Å². The molecule has 1 aromatic heterocycles. The van der Waals surface area contributed by atoms with Gasteiger partial charge in [-0.3, -0.25) is 4.79 Å². The number of nitrogen functional groups attached to an aromatic ring is 1. The molecule has 3 aromatic rings. The van der Waals surface area contributed by atoms with E-state index in [9.17, 15) is 4.79 Å². The van der Waals surface area contributed by atoms with Gasteiger partial charge < -0.3 is 15.9 Å². The van der Waals surface area contributed by atoms with Gasteiger partial charge in [0.25, 0.3) is 5.95 Å². The lowest BCUT2D eigenvalue weighted by Gasteiger charge is -2.06. The van der Waals surface area contributed by atoms with Crippen molar-refractivity contribution in [3.05, 3.63) is 66.2 Å². The lowest BCUT2D eigenvalue weighted by molar-refractivity contribution is -0.113. The number of hydrogen-bond donors (Lipinski definition) is 3. The smallest absolute Gasteiger partial charge is 0.264 e. The molecule has 0 fully saturated rings. The Labute approximate surface area is 178 Å². The fraction of sp³-hybridized carbons (Fsp3) is 0.100. The minimum absolute atomic E-state index is 0.129. The number of aromatic nitrogens is 3. The molecule has 0 radical (unpaired) electrons. The Balaban J connectivity index is 1.46. The Kier molecular flexibility index (Phi) is 7.45. The van der Waals surface area contributed by atoms with Gasteiger partial charge in [0.15, 0.2) is 0 Å². The number of nitrogens with one attached hydrogen (secondary N) is 2. The summed E-state index contributed by atoms with van der Waals surface area (Å²) in [7, 11) is 1.59. The molecule has 0 saturated carbocycles. The van der Waals surface area contributed by atoms with Crippen LogP contribution in [0.15, 0.2) is 70.9 Å². The summed E-state index contributed by atoms with van der Waals surface area (Å²) in [5.41, 5.74) is 4.46. The fourth-order valence-corrected chi connectivity index (χ4v) is 2.97. The summed E-state index contributed by atoms with van der Waals surface area (Å²) >= 11 is 1.17. The van der Waals surface area contributed by atoms with E-state index in [0.29, 0.717) is 10.8 Å². The van der Waals surface area contributed by atoms with Crippen LogP contribution in [-0.2, 0) is 4.79 Å². The highest BCUT2D eigenvalue weighted by atomic mass is 32.2. The van der Waals surface area contributed by atoms with Gasteiger partial charge in [-0.2, -0.15) is 5.10 Å². The van der Waals surface area contributed by atoms with Gasteiger partial charge >= 0.3 is 0 Å². The van der Waals surface area contributed by atoms with Crippen molar-refractivity contribution in [2.24, 2.45) is 5.10 Å². The predicted molar refractivity (Wildman–Crippen MR) is 120 cm³/mol. The van der Waals surface area contributed by atoms with Gasteiger partial charge in [0.2, 0.25) is 11.1 Å². The molecule has 4 N–H and O–H groups in total. The van der Waals surface area contributed by atoms with Crippen LogP contribution in [0.25, 0.3) is 6.08 Å². The van der Waals surface area contributed by atoms with Crippen molar-refractivity contribution < 1.29 is 9.53 Å². The standard InChI is InChI=1S/C20H21N7O2S/c1-29-17-11-9-16(10-12-17)23-18(28)14-30-20-26-25-19(27(20)21)24-22-13-5-8-15-6-3-2-4-7-15/h2-13H,14,21H2,1H3,(H,23,28)(H,24,25)/b8-5+,22-13+. The molecule has 0 unspecified atom stereocenters. The van der Waals surface area contributed by atoms with Crippen molar-refractivity contribution >= 4 is 41.6 Å². The molecule has 0 aliphatic carbocycles. The molecule has 0 aliphatic heterocycles. The monoisotopic (exact) mass is 423 g/mol. The van der Waals surface area contributed by atoms with Gasteiger partial charge in [0.1, 0.15) is 5.75 Å². The molecule has 0 atom stereocenters. The van der Waals surface area contributed by atoms with E-state index in [0.717, 1.165) is 11.3 Å². The summed E-state index contributed by atoms with van der Waals surface area (Å²) in [4.78, 5) is 12.1. The van der Waals surface area contributed by atoms with Gasteiger partial charge in [-0.15, -0.1) is 10.2 Å². The maximum absolute atomic E-state index is 12.1. The van der Waals surface area contributed by atoms with Crippen LogP contribution in [0.4, 0.5) is 11.6 Å². The first-order chi connectivity index (χ1) is 14.7. The van der Waals surface area contributed by atoms with Gasteiger partial charge in [-0.1, -0.05) is 48.2 Å². The number of nitrogens with two attached hydrogens (primary N) is 1. The molecule has 2 aromatic carbocycles. The van der Waals surface area contributed by atoms with Crippen LogP contribution >= 0.6 is 11.8 Å². The molecule has 1 heterocycles. The molecule has 0 saturated heterocycles. The van der Waals surface area contributed by atoms with Crippen LogP contribution in [-0.4, -0.2) is 39.9 Å². The molecule has 0 aliphatic rings. The van der Waals surface area contributed by atoms with Crippen molar-refractivity contribution in [2.45, 2.75) is 5.16 Å². The van der Waals surface area contributed by atoms with Crippen molar-refractivity contribution in [1.29, 1.82) is 0 Å². The van der Waals surface area contributed by atoms with E-state index in [2.05, 4.69) is 26.0 Å². The lowest BCUT2D eigenvalue weighted by atomic mass is 10.2. The average Bonchev–Trinajstić information content (AvgIpc) is 3.13. The molecule has 0 bridgehead atoms. The number of carbonyl (C=O) groups is 1. The summed E-state index contributed by atoms with van der Waals surface area (Å²) in [6.45, 7) is 0. The highest BCUT2D eigenvalue weighted by Gasteiger charge is 2.12. The Morgan fingerprint density at radius 2 is 1.97 bits per heavy atom. The lowest BCUT2D eigenvalue weighted by Crippen LogP contribution is -2.16. The third-order valence-electron chi connectivity index (χ3n) is 3.78. The van der Waals surface area contributed by atoms with E-state index in [1.807, 2.05) is 36.4 Å². The summed E-state index contributed by atoms with van der Waals surface area (Å²) < 4.78 is 6.33. The maximum atomic E-state index is 12.1. The summed E-state index contributed by atoms with van der Waals surface area (Å²) in [6, 6.07) is 16.9. The van der Waals surface area contributed by atoms with E-state index < -0.39 is 0 Å². The SMILES string of the molecule is COc1ccc(NC(=O)CSc2nnc(N/N=C/C=C/c3ccccc3)n2N)cc1. The van der Waals surface area contributed by atoms with Gasteiger partial charge in [0, 0.05) is 11.9 Å². The van der Waals surface area contributed by atoms with Crippen molar-refractivity contribution in [3.63, 3.8) is 0 Å². The zero-order valence-corrected chi connectivity index (χ0v) is 17.0. The second-order valence-electron chi connectivity index (χ2n) is 5.90.